The Balaban J connectivity index is 2.44. The van der Waals surface area contributed by atoms with Gasteiger partial charge < -0.3 is 14.6 Å². The lowest BCUT2D eigenvalue weighted by molar-refractivity contribution is -0.137. The molecule has 0 saturated carbocycles. The summed E-state index contributed by atoms with van der Waals surface area (Å²) in [6.07, 6.45) is 3.81. The van der Waals surface area contributed by atoms with Crippen molar-refractivity contribution in [2.75, 3.05) is 14.2 Å². The third-order valence-electron chi connectivity index (χ3n) is 3.14. The van der Waals surface area contributed by atoms with Crippen molar-refractivity contribution in [3.05, 3.63) is 23.8 Å². The average Bonchev–Trinajstić information content (AvgIpc) is 2.54. The van der Waals surface area contributed by atoms with E-state index in [2.05, 4.69) is 10.5 Å². The second kappa shape index (κ2) is 10.2. The Hall–Kier alpha value is -2.57. The predicted molar refractivity (Wildman–Crippen MR) is 86.0 cm³/mol. The highest BCUT2D eigenvalue weighted by molar-refractivity contribution is 5.88. The van der Waals surface area contributed by atoms with Crippen LogP contribution in [0.1, 0.15) is 37.7 Å². The number of carbonyl (C=O) groups is 2. The lowest BCUT2D eigenvalue weighted by Gasteiger charge is -2.09. The van der Waals surface area contributed by atoms with Crippen LogP contribution in [0.15, 0.2) is 23.3 Å². The first-order chi connectivity index (χ1) is 11.1. The Bertz CT molecular complexity index is 535. The summed E-state index contributed by atoms with van der Waals surface area (Å²) < 4.78 is 10.4. The maximum atomic E-state index is 11.6. The monoisotopic (exact) mass is 322 g/mol. The van der Waals surface area contributed by atoms with Gasteiger partial charge in [-0.1, -0.05) is 12.5 Å². The Morgan fingerprint density at radius 3 is 2.30 bits per heavy atom. The van der Waals surface area contributed by atoms with Crippen LogP contribution in [0.2, 0.25) is 0 Å². The molecule has 1 aromatic carbocycles. The molecule has 0 aliphatic carbocycles. The van der Waals surface area contributed by atoms with Crippen molar-refractivity contribution >= 4 is 18.1 Å². The minimum atomic E-state index is -0.815. The number of carboxylic acid groups (broad SMARTS) is 1. The molecule has 0 saturated heterocycles. The molecule has 126 valence electrons. The van der Waals surface area contributed by atoms with E-state index in [9.17, 15) is 9.59 Å². The third kappa shape index (κ3) is 6.82. The molecule has 0 aromatic heterocycles. The number of hydrogen-bond acceptors (Lipinski definition) is 5. The van der Waals surface area contributed by atoms with E-state index in [1.165, 1.54) is 6.21 Å². The van der Waals surface area contributed by atoms with Crippen molar-refractivity contribution < 1.29 is 24.2 Å². The quantitative estimate of drug-likeness (QED) is 0.391. The van der Waals surface area contributed by atoms with Crippen LogP contribution in [0.5, 0.6) is 11.5 Å². The van der Waals surface area contributed by atoms with E-state index in [-0.39, 0.29) is 12.3 Å². The van der Waals surface area contributed by atoms with Gasteiger partial charge in [0.25, 0.3) is 0 Å². The summed E-state index contributed by atoms with van der Waals surface area (Å²) in [5.41, 5.74) is 3.07. The summed E-state index contributed by atoms with van der Waals surface area (Å²) in [6, 6.07) is 5.34. The van der Waals surface area contributed by atoms with Crippen molar-refractivity contribution in [1.82, 2.24) is 5.43 Å². The molecule has 2 N–H and O–H groups in total. The van der Waals surface area contributed by atoms with E-state index in [0.29, 0.717) is 42.7 Å². The third-order valence-corrected chi connectivity index (χ3v) is 3.14. The van der Waals surface area contributed by atoms with Gasteiger partial charge in [0.1, 0.15) is 11.5 Å². The molecular formula is C16H22N2O5. The van der Waals surface area contributed by atoms with Gasteiger partial charge in [-0.25, -0.2) is 5.43 Å². The first-order valence-electron chi connectivity index (χ1n) is 7.33. The van der Waals surface area contributed by atoms with Gasteiger partial charge in [-0.2, -0.15) is 5.10 Å². The van der Waals surface area contributed by atoms with Crippen molar-refractivity contribution in [3.63, 3.8) is 0 Å². The van der Waals surface area contributed by atoms with Crippen LogP contribution in [0.3, 0.4) is 0 Å². The minimum Gasteiger partial charge on any atom is -0.496 e. The fourth-order valence-electron chi connectivity index (χ4n) is 1.97. The van der Waals surface area contributed by atoms with Gasteiger partial charge in [0, 0.05) is 12.8 Å². The first kappa shape index (κ1) is 18.5. The number of hydrazone groups is 1. The number of aliphatic carboxylic acids is 1. The Morgan fingerprint density at radius 1 is 1.13 bits per heavy atom. The Labute approximate surface area is 135 Å². The number of hydrogen-bond donors (Lipinski definition) is 2. The number of rotatable bonds is 10. The maximum absolute atomic E-state index is 11.6. The molecule has 0 spiro atoms. The second-order valence-electron chi connectivity index (χ2n) is 4.82. The van der Waals surface area contributed by atoms with Crippen LogP contribution in [0.25, 0.3) is 0 Å². The summed E-state index contributed by atoms with van der Waals surface area (Å²) in [7, 11) is 3.09. The van der Waals surface area contributed by atoms with E-state index in [0.717, 1.165) is 0 Å². The number of benzene rings is 1. The molecule has 0 fully saturated rings. The van der Waals surface area contributed by atoms with Crippen LogP contribution >= 0.6 is 0 Å². The number of nitrogens with one attached hydrogen (secondary N) is 1. The lowest BCUT2D eigenvalue weighted by Crippen LogP contribution is -2.17. The van der Waals surface area contributed by atoms with E-state index in [1.807, 2.05) is 0 Å². The summed E-state index contributed by atoms with van der Waals surface area (Å²) in [5.74, 6) is 0.155. The Kier molecular flexibility index (Phi) is 8.20. The molecule has 0 heterocycles. The van der Waals surface area contributed by atoms with Gasteiger partial charge in [-0.3, -0.25) is 9.59 Å². The highest BCUT2D eigenvalue weighted by Gasteiger charge is 2.07. The van der Waals surface area contributed by atoms with Gasteiger partial charge in [0.2, 0.25) is 5.91 Å². The van der Waals surface area contributed by atoms with Gasteiger partial charge in [0.05, 0.1) is 26.0 Å². The number of nitrogens with zero attached hydrogens (tertiary/aromatic N) is 1. The standard InChI is InChI=1S/C16H22N2O5/c1-22-13-7-6-8-14(23-2)12(13)11-17-18-15(19)9-4-3-5-10-16(20)21/h6-8,11H,3-5,9-10H2,1-2H3,(H,18,19)(H,20,21)/b17-11+. The number of amides is 1. The lowest BCUT2D eigenvalue weighted by atomic mass is 10.1. The van der Waals surface area contributed by atoms with Crippen LogP contribution in [-0.4, -0.2) is 37.4 Å². The SMILES string of the molecule is COc1cccc(OC)c1/C=N/NC(=O)CCCCCC(=O)O. The Morgan fingerprint density at radius 2 is 1.74 bits per heavy atom. The minimum absolute atomic E-state index is 0.132. The fraction of sp³-hybridized carbons (Fsp3) is 0.438. The molecule has 0 aliphatic rings. The summed E-state index contributed by atoms with van der Waals surface area (Å²) >= 11 is 0. The number of carbonyl (C=O) groups excluding carboxylic acids is 1. The van der Waals surface area contributed by atoms with E-state index >= 15 is 0 Å². The van der Waals surface area contributed by atoms with Gasteiger partial charge in [-0.05, 0) is 25.0 Å². The first-order valence-corrected chi connectivity index (χ1v) is 7.33. The number of ether oxygens (including phenoxy) is 2. The van der Waals surface area contributed by atoms with Crippen LogP contribution < -0.4 is 14.9 Å². The molecule has 0 unspecified atom stereocenters. The average molecular weight is 322 g/mol. The molecule has 0 bridgehead atoms. The molecular weight excluding hydrogens is 300 g/mol. The summed E-state index contributed by atoms with van der Waals surface area (Å²) in [6.45, 7) is 0. The largest absolute Gasteiger partial charge is 0.496 e. The predicted octanol–water partition coefficient (Wildman–Crippen LogP) is 2.19. The van der Waals surface area contributed by atoms with Gasteiger partial charge in [-0.15, -0.1) is 0 Å². The zero-order valence-corrected chi connectivity index (χ0v) is 13.4. The van der Waals surface area contributed by atoms with Crippen molar-refractivity contribution in [3.8, 4) is 11.5 Å². The molecule has 7 heteroatoms. The topological polar surface area (TPSA) is 97.2 Å². The second-order valence-corrected chi connectivity index (χ2v) is 4.82. The van der Waals surface area contributed by atoms with E-state index in [1.54, 1.807) is 32.4 Å². The number of methoxy groups -OCH3 is 2. The molecule has 1 amide bonds. The van der Waals surface area contributed by atoms with Crippen molar-refractivity contribution in [1.29, 1.82) is 0 Å². The highest BCUT2D eigenvalue weighted by Crippen LogP contribution is 2.25. The van der Waals surface area contributed by atoms with Crippen LogP contribution in [-0.2, 0) is 9.59 Å². The number of unbranched alkanes of at least 4 members (excludes halogenated alkanes) is 2. The molecule has 0 radical (unpaired) electrons. The number of carboxylic acids is 1. The summed E-state index contributed by atoms with van der Waals surface area (Å²) in [5, 5.41) is 12.4. The van der Waals surface area contributed by atoms with Crippen LogP contribution in [0.4, 0.5) is 0 Å². The molecule has 1 rings (SSSR count). The van der Waals surface area contributed by atoms with Crippen molar-refractivity contribution in [2.24, 2.45) is 5.10 Å². The smallest absolute Gasteiger partial charge is 0.303 e. The zero-order chi connectivity index (χ0) is 17.1. The van der Waals surface area contributed by atoms with Gasteiger partial charge >= 0.3 is 5.97 Å². The highest BCUT2D eigenvalue weighted by atomic mass is 16.5. The fourth-order valence-corrected chi connectivity index (χ4v) is 1.97. The van der Waals surface area contributed by atoms with E-state index in [4.69, 9.17) is 14.6 Å². The maximum Gasteiger partial charge on any atom is 0.303 e. The molecule has 1 aromatic rings. The summed E-state index contributed by atoms with van der Waals surface area (Å²) in [4.78, 5) is 22.0. The van der Waals surface area contributed by atoms with Crippen molar-refractivity contribution in [2.45, 2.75) is 32.1 Å². The normalized spacial score (nSPS) is 10.5. The molecule has 0 atom stereocenters. The molecule has 23 heavy (non-hydrogen) atoms. The molecule has 7 nitrogen and oxygen atoms in total. The molecule has 0 aliphatic heterocycles. The van der Waals surface area contributed by atoms with Gasteiger partial charge in [0.15, 0.2) is 0 Å². The van der Waals surface area contributed by atoms with E-state index < -0.39 is 5.97 Å². The van der Waals surface area contributed by atoms with Crippen LogP contribution in [0, 0.1) is 0 Å². The zero-order valence-electron chi connectivity index (χ0n) is 13.4.